The molecule has 0 aromatic heterocycles. The predicted octanol–water partition coefficient (Wildman–Crippen LogP) is 10.8. The lowest BCUT2D eigenvalue weighted by Crippen LogP contribution is -2.53. The zero-order valence-corrected chi connectivity index (χ0v) is 42.5. The quantitative estimate of drug-likeness (QED) is 0.0229. The molecule has 3 amide bonds. The standard InChI is InChI=1S/C60H73N3O8/c1-8-10-15-23-47(39-52(64)46-36-34-45(35-37-46)44-32-30-43(31-33-44)22-11-9-2)57(68)62-55(42(4)71-59(5,6)7)53(65)38-41(3)56(67)61-51(58(69)70)40-54(66)63-60(48-24-16-12-17-25-48,49-26-18-13-19-27-49)50-28-20-14-21-29-50/h12-14,16-21,24-37,41-42,47,51,55H,8-11,15,22-23,38-40H2,1-7H3,(H,61,67)(H,62,68)(H,63,66)(H,69,70)/t41-,42?,47-,51+,55+/m1/s1. The van der Waals surface area contributed by atoms with Gasteiger partial charge in [-0.05, 0) is 80.3 Å². The van der Waals surface area contributed by atoms with Crippen LogP contribution < -0.4 is 16.0 Å². The van der Waals surface area contributed by atoms with E-state index in [0.717, 1.165) is 59.9 Å². The number of carbonyl (C=O) groups is 6. The third-order valence-corrected chi connectivity index (χ3v) is 12.8. The Balaban J connectivity index is 1.30. The number of amides is 3. The van der Waals surface area contributed by atoms with Gasteiger partial charge in [0.05, 0.1) is 18.1 Å². The van der Waals surface area contributed by atoms with Gasteiger partial charge in [-0.25, -0.2) is 4.79 Å². The van der Waals surface area contributed by atoms with E-state index in [1.807, 2.05) is 124 Å². The van der Waals surface area contributed by atoms with Crippen molar-refractivity contribution in [3.05, 3.63) is 167 Å². The molecular weight excluding hydrogens is 891 g/mol. The molecule has 376 valence electrons. The maximum atomic E-state index is 14.3. The van der Waals surface area contributed by atoms with Crippen molar-refractivity contribution in [1.29, 1.82) is 0 Å². The SMILES string of the molecule is CCCCC[C@H](CC(=O)c1ccc(-c2ccc(CCCC)cc2)cc1)C(=O)N[C@H](C(=O)C[C@@H](C)C(=O)N[C@@H](CC(=O)NC(c1ccccc1)(c1ccccc1)c1ccccc1)C(=O)O)C(C)OC(C)(C)C. The molecule has 5 aromatic rings. The zero-order chi connectivity index (χ0) is 51.6. The van der Waals surface area contributed by atoms with Gasteiger partial charge in [0.1, 0.15) is 17.6 Å². The third kappa shape index (κ3) is 15.9. The number of ketones is 2. The van der Waals surface area contributed by atoms with E-state index in [9.17, 15) is 33.9 Å². The first-order valence-electron chi connectivity index (χ1n) is 25.2. The van der Waals surface area contributed by atoms with Crippen molar-refractivity contribution < 1.29 is 38.6 Å². The number of hydrogen-bond acceptors (Lipinski definition) is 7. The smallest absolute Gasteiger partial charge is 0.326 e. The monoisotopic (exact) mass is 964 g/mol. The van der Waals surface area contributed by atoms with E-state index < -0.39 is 77.1 Å². The molecule has 0 saturated heterocycles. The number of carbonyl (C=O) groups excluding carboxylic acids is 5. The lowest BCUT2D eigenvalue weighted by molar-refractivity contribution is -0.144. The van der Waals surface area contributed by atoms with Crippen LogP contribution in [0.3, 0.4) is 0 Å². The van der Waals surface area contributed by atoms with E-state index in [-0.39, 0.29) is 18.6 Å². The van der Waals surface area contributed by atoms with Gasteiger partial charge >= 0.3 is 5.97 Å². The van der Waals surface area contributed by atoms with Gasteiger partial charge in [-0.2, -0.15) is 0 Å². The molecule has 11 nitrogen and oxygen atoms in total. The maximum absolute atomic E-state index is 14.3. The highest BCUT2D eigenvalue weighted by Crippen LogP contribution is 2.37. The van der Waals surface area contributed by atoms with Crippen LogP contribution in [0.5, 0.6) is 0 Å². The first-order chi connectivity index (χ1) is 33.9. The number of hydrogen-bond donors (Lipinski definition) is 4. The number of aryl methyl sites for hydroxylation is 1. The van der Waals surface area contributed by atoms with E-state index in [2.05, 4.69) is 54.1 Å². The van der Waals surface area contributed by atoms with Crippen LogP contribution in [0.15, 0.2) is 140 Å². The fourth-order valence-electron chi connectivity index (χ4n) is 9.02. The van der Waals surface area contributed by atoms with Crippen LogP contribution in [-0.4, -0.2) is 64.2 Å². The van der Waals surface area contributed by atoms with Crippen molar-refractivity contribution in [2.24, 2.45) is 11.8 Å². The van der Waals surface area contributed by atoms with Crippen LogP contribution >= 0.6 is 0 Å². The Labute approximate surface area is 420 Å². The molecule has 5 aromatic carbocycles. The molecular formula is C60H73N3O8. The van der Waals surface area contributed by atoms with Crippen LogP contribution in [0, 0.1) is 11.8 Å². The number of benzene rings is 5. The van der Waals surface area contributed by atoms with Crippen molar-refractivity contribution >= 4 is 35.3 Å². The van der Waals surface area contributed by atoms with Crippen molar-refractivity contribution in [3.8, 4) is 11.1 Å². The van der Waals surface area contributed by atoms with Gasteiger partial charge in [-0.15, -0.1) is 0 Å². The summed E-state index contributed by atoms with van der Waals surface area (Å²) < 4.78 is 6.21. The van der Waals surface area contributed by atoms with Crippen molar-refractivity contribution in [2.45, 2.75) is 142 Å². The van der Waals surface area contributed by atoms with Gasteiger partial charge in [0.2, 0.25) is 17.7 Å². The summed E-state index contributed by atoms with van der Waals surface area (Å²) in [4.78, 5) is 83.1. The molecule has 0 fully saturated rings. The van der Waals surface area contributed by atoms with E-state index in [0.29, 0.717) is 18.4 Å². The lowest BCUT2D eigenvalue weighted by Gasteiger charge is -2.37. The molecule has 0 aliphatic heterocycles. The summed E-state index contributed by atoms with van der Waals surface area (Å²) in [5, 5.41) is 18.9. The highest BCUT2D eigenvalue weighted by Gasteiger charge is 2.40. The van der Waals surface area contributed by atoms with Crippen molar-refractivity contribution in [3.63, 3.8) is 0 Å². The summed E-state index contributed by atoms with van der Waals surface area (Å²) in [6.45, 7) is 12.9. The highest BCUT2D eigenvalue weighted by atomic mass is 16.5. The minimum atomic E-state index is -1.64. The molecule has 71 heavy (non-hydrogen) atoms. The van der Waals surface area contributed by atoms with E-state index in [1.54, 1.807) is 19.1 Å². The van der Waals surface area contributed by atoms with Gasteiger partial charge in [0.15, 0.2) is 11.6 Å². The van der Waals surface area contributed by atoms with Gasteiger partial charge in [0.25, 0.3) is 0 Å². The highest BCUT2D eigenvalue weighted by molar-refractivity contribution is 6.00. The minimum Gasteiger partial charge on any atom is -0.480 e. The zero-order valence-electron chi connectivity index (χ0n) is 42.5. The van der Waals surface area contributed by atoms with Crippen molar-refractivity contribution in [1.82, 2.24) is 16.0 Å². The number of rotatable bonds is 27. The Kier molecular flexibility index (Phi) is 20.6. The van der Waals surface area contributed by atoms with Crippen LogP contribution in [0.25, 0.3) is 11.1 Å². The van der Waals surface area contributed by atoms with E-state index in [4.69, 9.17) is 4.74 Å². The summed E-state index contributed by atoms with van der Waals surface area (Å²) >= 11 is 0. The molecule has 0 radical (unpaired) electrons. The van der Waals surface area contributed by atoms with Gasteiger partial charge in [0, 0.05) is 30.2 Å². The van der Waals surface area contributed by atoms with E-state index in [1.165, 1.54) is 12.5 Å². The summed E-state index contributed by atoms with van der Waals surface area (Å²) in [6, 6.07) is 41.1. The van der Waals surface area contributed by atoms with Crippen LogP contribution in [0.1, 0.15) is 139 Å². The van der Waals surface area contributed by atoms with Crippen LogP contribution in [0.2, 0.25) is 0 Å². The molecule has 0 heterocycles. The van der Waals surface area contributed by atoms with E-state index >= 15 is 0 Å². The Morgan fingerprint density at radius 2 is 1.10 bits per heavy atom. The number of ether oxygens (including phenoxy) is 1. The average molecular weight is 964 g/mol. The van der Waals surface area contributed by atoms with Gasteiger partial charge in [-0.1, -0.05) is 186 Å². The molecule has 0 aliphatic carbocycles. The summed E-state index contributed by atoms with van der Waals surface area (Å²) in [5.74, 6) is -5.79. The summed E-state index contributed by atoms with van der Waals surface area (Å²) in [5.41, 5.74) is 4.10. The number of aliphatic carboxylic acids is 1. The fraction of sp³-hybridized carbons (Fsp3) is 0.400. The number of carboxylic acid groups (broad SMARTS) is 1. The molecule has 0 aliphatic rings. The number of carboxylic acids is 1. The summed E-state index contributed by atoms with van der Waals surface area (Å²) in [7, 11) is 0. The molecule has 1 unspecified atom stereocenters. The third-order valence-electron chi connectivity index (χ3n) is 12.8. The normalized spacial score (nSPS) is 13.7. The fourth-order valence-corrected chi connectivity index (χ4v) is 9.02. The minimum absolute atomic E-state index is 0.0669. The molecule has 0 spiro atoms. The number of unbranched alkanes of at least 4 members (excludes halogenated alkanes) is 3. The first-order valence-corrected chi connectivity index (χ1v) is 25.2. The van der Waals surface area contributed by atoms with Crippen LogP contribution in [-0.2, 0) is 40.7 Å². The van der Waals surface area contributed by atoms with Crippen molar-refractivity contribution in [2.75, 3.05) is 0 Å². The second-order valence-electron chi connectivity index (χ2n) is 19.7. The van der Waals surface area contributed by atoms with Crippen LogP contribution in [0.4, 0.5) is 0 Å². The Morgan fingerprint density at radius 1 is 0.592 bits per heavy atom. The Hall–Kier alpha value is -6.72. The lowest BCUT2D eigenvalue weighted by atomic mass is 9.77. The number of Topliss-reactive ketones (excluding diaryl/α,β-unsaturated/α-hetero) is 2. The predicted molar refractivity (Wildman–Crippen MR) is 280 cm³/mol. The second-order valence-corrected chi connectivity index (χ2v) is 19.7. The van der Waals surface area contributed by atoms with Gasteiger partial charge < -0.3 is 25.8 Å². The number of nitrogens with one attached hydrogen (secondary N) is 3. The molecule has 0 saturated carbocycles. The second kappa shape index (κ2) is 26.5. The van der Waals surface area contributed by atoms with Gasteiger partial charge in [-0.3, -0.25) is 24.0 Å². The maximum Gasteiger partial charge on any atom is 0.326 e. The topological polar surface area (TPSA) is 168 Å². The Morgan fingerprint density at radius 3 is 1.58 bits per heavy atom. The first kappa shape index (κ1) is 55.2. The molecule has 0 bridgehead atoms. The molecule has 5 rings (SSSR count). The average Bonchev–Trinajstić information content (AvgIpc) is 3.36. The molecule has 4 N–H and O–H groups in total. The Bertz CT molecular complexity index is 2410. The molecule has 11 heteroatoms. The molecule has 5 atom stereocenters. The summed E-state index contributed by atoms with van der Waals surface area (Å²) in [6.07, 6.45) is 4.30. The largest absolute Gasteiger partial charge is 0.480 e.